The van der Waals surface area contributed by atoms with Crippen molar-refractivity contribution in [2.75, 3.05) is 31.7 Å². The number of aromatic nitrogens is 3. The summed E-state index contributed by atoms with van der Waals surface area (Å²) in [5.41, 5.74) is 3.17. The van der Waals surface area contributed by atoms with Gasteiger partial charge in [-0.1, -0.05) is 6.92 Å². The summed E-state index contributed by atoms with van der Waals surface area (Å²) >= 11 is 0. The molecule has 0 amide bonds. The Morgan fingerprint density at radius 2 is 2.05 bits per heavy atom. The topological polar surface area (TPSA) is 42.7 Å². The number of nitrogens with zero attached hydrogens (tertiary/aromatic N) is 4. The number of rotatable bonds is 3. The summed E-state index contributed by atoms with van der Waals surface area (Å²) in [4.78, 5) is 6.77. The number of ether oxygens (including phenoxy) is 1. The number of aryl methyl sites for hydroxylation is 2. The fourth-order valence-electron chi connectivity index (χ4n) is 2.66. The van der Waals surface area contributed by atoms with Crippen LogP contribution >= 0.6 is 0 Å². The van der Waals surface area contributed by atoms with Crippen LogP contribution < -0.4 is 4.90 Å². The lowest BCUT2D eigenvalue weighted by Crippen LogP contribution is -2.48. The Morgan fingerprint density at radius 3 is 2.68 bits per heavy atom. The summed E-state index contributed by atoms with van der Waals surface area (Å²) in [6.45, 7) is 8.91. The monoisotopic (exact) mass is 260 g/mol. The zero-order valence-corrected chi connectivity index (χ0v) is 12.0. The number of fused-ring (bicyclic) bond motifs is 1. The van der Waals surface area contributed by atoms with Gasteiger partial charge in [-0.05, 0) is 13.8 Å². The van der Waals surface area contributed by atoms with E-state index in [1.54, 1.807) is 0 Å². The number of anilines is 1. The molecule has 5 heteroatoms. The van der Waals surface area contributed by atoms with E-state index in [0.717, 1.165) is 42.6 Å². The highest BCUT2D eigenvalue weighted by Crippen LogP contribution is 2.29. The smallest absolute Gasteiger partial charge is 0.157 e. The minimum absolute atomic E-state index is 0.250. The maximum Gasteiger partial charge on any atom is 0.157 e. The van der Waals surface area contributed by atoms with Crippen molar-refractivity contribution in [3.63, 3.8) is 0 Å². The Balaban J connectivity index is 1.98. The summed E-state index contributed by atoms with van der Waals surface area (Å²) < 4.78 is 7.25. The second-order valence-corrected chi connectivity index (χ2v) is 5.97. The molecule has 3 heterocycles. The van der Waals surface area contributed by atoms with Gasteiger partial charge in [0.15, 0.2) is 5.65 Å². The zero-order chi connectivity index (χ0) is 13.6. The first kappa shape index (κ1) is 12.4. The summed E-state index contributed by atoms with van der Waals surface area (Å²) in [5, 5.41) is 4.53. The van der Waals surface area contributed by atoms with E-state index in [-0.39, 0.29) is 5.41 Å². The van der Waals surface area contributed by atoms with Crippen molar-refractivity contribution in [1.82, 2.24) is 14.6 Å². The van der Waals surface area contributed by atoms with Crippen LogP contribution in [-0.2, 0) is 4.74 Å². The Kier molecular flexibility index (Phi) is 2.74. The highest BCUT2D eigenvalue weighted by atomic mass is 16.5. The summed E-state index contributed by atoms with van der Waals surface area (Å²) in [7, 11) is 2.11. The van der Waals surface area contributed by atoms with Crippen molar-refractivity contribution in [1.29, 1.82) is 0 Å². The van der Waals surface area contributed by atoms with E-state index in [4.69, 9.17) is 4.74 Å². The van der Waals surface area contributed by atoms with E-state index in [1.807, 2.05) is 24.4 Å². The fraction of sp³-hybridized carbons (Fsp3) is 0.571. The Hall–Kier alpha value is -1.62. The van der Waals surface area contributed by atoms with Crippen LogP contribution in [0.5, 0.6) is 0 Å². The molecule has 0 radical (unpaired) electrons. The van der Waals surface area contributed by atoms with Gasteiger partial charge < -0.3 is 9.64 Å². The van der Waals surface area contributed by atoms with Gasteiger partial charge >= 0.3 is 0 Å². The SMILES string of the molecule is Cc1cc(N(C)CC2(C)COC2)n2nc(C)cc2n1. The van der Waals surface area contributed by atoms with Gasteiger partial charge in [-0.15, -0.1) is 0 Å². The maximum absolute atomic E-state index is 5.33. The number of hydrogen-bond donors (Lipinski definition) is 0. The van der Waals surface area contributed by atoms with Gasteiger partial charge in [0, 0.05) is 36.8 Å². The maximum atomic E-state index is 5.33. The minimum atomic E-state index is 0.250. The van der Waals surface area contributed by atoms with Gasteiger partial charge in [0.05, 0.1) is 18.9 Å². The average Bonchev–Trinajstić information content (AvgIpc) is 2.65. The molecule has 0 aromatic carbocycles. The fourth-order valence-corrected chi connectivity index (χ4v) is 2.66. The van der Waals surface area contributed by atoms with Crippen molar-refractivity contribution in [2.24, 2.45) is 5.41 Å². The number of hydrogen-bond acceptors (Lipinski definition) is 4. The molecule has 102 valence electrons. The molecule has 5 nitrogen and oxygen atoms in total. The van der Waals surface area contributed by atoms with Crippen molar-refractivity contribution in [3.05, 3.63) is 23.5 Å². The Morgan fingerprint density at radius 1 is 1.32 bits per heavy atom. The molecule has 0 aliphatic carbocycles. The summed E-state index contributed by atoms with van der Waals surface area (Å²) in [6, 6.07) is 4.10. The molecule has 19 heavy (non-hydrogen) atoms. The molecular formula is C14H20N4O. The summed E-state index contributed by atoms with van der Waals surface area (Å²) in [6.07, 6.45) is 0. The third kappa shape index (κ3) is 2.18. The molecular weight excluding hydrogens is 240 g/mol. The van der Waals surface area contributed by atoms with Crippen molar-refractivity contribution < 1.29 is 4.74 Å². The van der Waals surface area contributed by atoms with Gasteiger partial charge in [0.1, 0.15) is 5.82 Å². The van der Waals surface area contributed by atoms with E-state index >= 15 is 0 Å². The molecule has 0 N–H and O–H groups in total. The zero-order valence-electron chi connectivity index (χ0n) is 12.0. The van der Waals surface area contributed by atoms with E-state index < -0.39 is 0 Å². The molecule has 3 rings (SSSR count). The second kappa shape index (κ2) is 4.20. The highest BCUT2D eigenvalue weighted by molar-refractivity contribution is 5.51. The van der Waals surface area contributed by atoms with Crippen LogP contribution in [0.15, 0.2) is 12.1 Å². The standard InChI is InChI=1S/C14H20N4O/c1-10-6-13(17(4)7-14(3)8-19-9-14)18-12(15-10)5-11(2)16-18/h5-6H,7-9H2,1-4H3. The van der Waals surface area contributed by atoms with Gasteiger partial charge in [0.25, 0.3) is 0 Å². The molecule has 0 saturated carbocycles. The molecule has 0 bridgehead atoms. The molecule has 2 aromatic heterocycles. The molecule has 0 spiro atoms. The molecule has 2 aromatic rings. The Labute approximate surface area is 113 Å². The minimum Gasteiger partial charge on any atom is -0.380 e. The van der Waals surface area contributed by atoms with Crippen molar-refractivity contribution >= 4 is 11.5 Å². The van der Waals surface area contributed by atoms with Gasteiger partial charge in [0.2, 0.25) is 0 Å². The Bertz CT molecular complexity index is 615. The lowest BCUT2D eigenvalue weighted by atomic mass is 9.88. The van der Waals surface area contributed by atoms with E-state index in [2.05, 4.69) is 35.0 Å². The predicted molar refractivity (Wildman–Crippen MR) is 74.7 cm³/mol. The van der Waals surface area contributed by atoms with Gasteiger partial charge in [-0.3, -0.25) is 0 Å². The molecule has 1 saturated heterocycles. The third-order valence-corrected chi connectivity index (χ3v) is 3.57. The molecule has 1 fully saturated rings. The van der Waals surface area contributed by atoms with E-state index in [1.165, 1.54) is 0 Å². The molecule has 0 unspecified atom stereocenters. The first-order chi connectivity index (χ1) is 8.97. The van der Waals surface area contributed by atoms with Crippen LogP contribution in [0.3, 0.4) is 0 Å². The van der Waals surface area contributed by atoms with Gasteiger partial charge in [-0.2, -0.15) is 9.61 Å². The second-order valence-electron chi connectivity index (χ2n) is 5.97. The van der Waals surface area contributed by atoms with E-state index in [9.17, 15) is 0 Å². The van der Waals surface area contributed by atoms with Crippen LogP contribution in [0, 0.1) is 19.3 Å². The molecule has 1 aliphatic rings. The third-order valence-electron chi connectivity index (χ3n) is 3.57. The van der Waals surface area contributed by atoms with Crippen molar-refractivity contribution in [2.45, 2.75) is 20.8 Å². The predicted octanol–water partition coefficient (Wildman–Crippen LogP) is 1.82. The summed E-state index contributed by atoms with van der Waals surface area (Å²) in [5.74, 6) is 1.09. The lowest BCUT2D eigenvalue weighted by Gasteiger charge is -2.41. The highest BCUT2D eigenvalue weighted by Gasteiger charge is 2.35. The van der Waals surface area contributed by atoms with Crippen molar-refractivity contribution in [3.8, 4) is 0 Å². The normalized spacial score (nSPS) is 17.5. The van der Waals surface area contributed by atoms with Crippen LogP contribution in [0.4, 0.5) is 5.82 Å². The molecule has 1 aliphatic heterocycles. The lowest BCUT2D eigenvalue weighted by molar-refractivity contribution is -0.0952. The van der Waals surface area contributed by atoms with Crippen LogP contribution in [-0.4, -0.2) is 41.4 Å². The van der Waals surface area contributed by atoms with Crippen LogP contribution in [0.1, 0.15) is 18.3 Å². The van der Waals surface area contributed by atoms with E-state index in [0.29, 0.717) is 0 Å². The largest absolute Gasteiger partial charge is 0.380 e. The average molecular weight is 260 g/mol. The first-order valence-corrected chi connectivity index (χ1v) is 6.60. The molecule has 0 atom stereocenters. The van der Waals surface area contributed by atoms with Crippen LogP contribution in [0.2, 0.25) is 0 Å². The first-order valence-electron chi connectivity index (χ1n) is 6.60. The van der Waals surface area contributed by atoms with Gasteiger partial charge in [-0.25, -0.2) is 4.98 Å². The van der Waals surface area contributed by atoms with Crippen LogP contribution in [0.25, 0.3) is 5.65 Å². The quantitative estimate of drug-likeness (QED) is 0.844.